The molecule has 0 aromatic rings. The summed E-state index contributed by atoms with van der Waals surface area (Å²) >= 11 is 0. The molecule has 2 saturated carbocycles. The molecule has 3 aliphatic rings. The smallest absolute Gasteiger partial charge is 0.00289 e. The van der Waals surface area contributed by atoms with E-state index < -0.39 is 0 Å². The van der Waals surface area contributed by atoms with E-state index in [1.807, 2.05) is 0 Å². The molecule has 0 radical (unpaired) electrons. The highest BCUT2D eigenvalue weighted by atomic mass is 14.7. The summed E-state index contributed by atoms with van der Waals surface area (Å²) in [6.07, 6.45) is 9.71. The van der Waals surface area contributed by atoms with Crippen molar-refractivity contribution in [2.45, 2.75) is 59.8 Å². The standard InChI is InChI=1S/C15H24/c1-11-6-5-8-14(4)12-7-9-15(11,14)10-13(12,2)3/h6,12H,5,7-10H2,1-4H3/t12?,14-,15+/m0/s1. The summed E-state index contributed by atoms with van der Waals surface area (Å²) < 4.78 is 0. The van der Waals surface area contributed by atoms with Crippen LogP contribution in [0.25, 0.3) is 0 Å². The van der Waals surface area contributed by atoms with Crippen molar-refractivity contribution in [3.63, 3.8) is 0 Å². The van der Waals surface area contributed by atoms with Crippen LogP contribution in [0.4, 0.5) is 0 Å². The Bertz CT molecular complexity index is 336. The Morgan fingerprint density at radius 1 is 1.20 bits per heavy atom. The largest absolute Gasteiger partial charge is 0.0850 e. The molecule has 0 N–H and O–H groups in total. The number of hydrogen-bond acceptors (Lipinski definition) is 0. The molecule has 0 nitrogen and oxygen atoms in total. The van der Waals surface area contributed by atoms with E-state index in [9.17, 15) is 0 Å². The van der Waals surface area contributed by atoms with Crippen LogP contribution in [0.3, 0.4) is 0 Å². The SMILES string of the molecule is CC1=CCC[C@@]2(C)C3CC[C@@]12CC3(C)C. The lowest BCUT2D eigenvalue weighted by Crippen LogP contribution is -2.36. The van der Waals surface area contributed by atoms with Crippen LogP contribution in [0.5, 0.6) is 0 Å². The van der Waals surface area contributed by atoms with Crippen LogP contribution in [-0.4, -0.2) is 0 Å². The monoisotopic (exact) mass is 204 g/mol. The van der Waals surface area contributed by atoms with Gasteiger partial charge < -0.3 is 0 Å². The van der Waals surface area contributed by atoms with Crippen LogP contribution in [-0.2, 0) is 0 Å². The van der Waals surface area contributed by atoms with Gasteiger partial charge in [-0.15, -0.1) is 0 Å². The topological polar surface area (TPSA) is 0 Å². The summed E-state index contributed by atoms with van der Waals surface area (Å²) in [6, 6.07) is 0. The molecule has 0 heterocycles. The first-order chi connectivity index (χ1) is 6.92. The molecule has 2 bridgehead atoms. The summed E-state index contributed by atoms with van der Waals surface area (Å²) in [5.41, 5.74) is 3.55. The van der Waals surface area contributed by atoms with Crippen molar-refractivity contribution in [3.8, 4) is 0 Å². The Morgan fingerprint density at radius 2 is 1.93 bits per heavy atom. The average molecular weight is 204 g/mol. The van der Waals surface area contributed by atoms with Crippen LogP contribution < -0.4 is 0 Å². The molecule has 3 atom stereocenters. The lowest BCUT2D eigenvalue weighted by atomic mass is 9.59. The van der Waals surface area contributed by atoms with Gasteiger partial charge in [-0.25, -0.2) is 0 Å². The van der Waals surface area contributed by atoms with Crippen LogP contribution in [0.2, 0.25) is 0 Å². The molecule has 0 aliphatic heterocycles. The van der Waals surface area contributed by atoms with Gasteiger partial charge in [0.25, 0.3) is 0 Å². The second-order valence-electron chi connectivity index (χ2n) is 7.18. The molecular weight excluding hydrogens is 180 g/mol. The zero-order valence-electron chi connectivity index (χ0n) is 10.7. The summed E-state index contributed by atoms with van der Waals surface area (Å²) in [5.74, 6) is 0.980. The van der Waals surface area contributed by atoms with E-state index in [-0.39, 0.29) is 0 Å². The summed E-state index contributed by atoms with van der Waals surface area (Å²) in [7, 11) is 0. The highest BCUT2D eigenvalue weighted by Crippen LogP contribution is 2.76. The van der Waals surface area contributed by atoms with Crippen LogP contribution in [0, 0.1) is 22.2 Å². The van der Waals surface area contributed by atoms with Crippen molar-refractivity contribution >= 4 is 0 Å². The average Bonchev–Trinajstić information content (AvgIpc) is 2.50. The molecule has 0 spiro atoms. The van der Waals surface area contributed by atoms with Gasteiger partial charge in [0.05, 0.1) is 0 Å². The fourth-order valence-electron chi connectivity index (χ4n) is 5.76. The summed E-state index contributed by atoms with van der Waals surface area (Å²) in [4.78, 5) is 0. The molecule has 84 valence electrons. The van der Waals surface area contributed by atoms with Gasteiger partial charge in [0.1, 0.15) is 0 Å². The molecule has 0 saturated heterocycles. The fourth-order valence-corrected chi connectivity index (χ4v) is 5.76. The summed E-state index contributed by atoms with van der Waals surface area (Å²) in [5, 5.41) is 0. The molecule has 3 aliphatic carbocycles. The molecule has 1 unspecified atom stereocenters. The predicted molar refractivity (Wildman–Crippen MR) is 64.7 cm³/mol. The van der Waals surface area contributed by atoms with E-state index in [0.29, 0.717) is 16.2 Å². The quantitative estimate of drug-likeness (QED) is 0.507. The van der Waals surface area contributed by atoms with Gasteiger partial charge in [0.2, 0.25) is 0 Å². The minimum Gasteiger partial charge on any atom is -0.0850 e. The molecule has 0 aromatic carbocycles. The van der Waals surface area contributed by atoms with Crippen LogP contribution in [0.15, 0.2) is 11.6 Å². The normalized spacial score (nSPS) is 51.5. The minimum atomic E-state index is 0.590. The second kappa shape index (κ2) is 2.52. The molecule has 0 heteroatoms. The van der Waals surface area contributed by atoms with E-state index >= 15 is 0 Å². The maximum atomic E-state index is 2.59. The molecule has 0 aromatic heterocycles. The zero-order valence-corrected chi connectivity index (χ0v) is 10.7. The Balaban J connectivity index is 2.17. The Morgan fingerprint density at radius 3 is 2.53 bits per heavy atom. The lowest BCUT2D eigenvalue weighted by molar-refractivity contribution is 0.114. The van der Waals surface area contributed by atoms with Gasteiger partial charge >= 0.3 is 0 Å². The van der Waals surface area contributed by atoms with Gasteiger partial charge in [-0.2, -0.15) is 0 Å². The third kappa shape index (κ3) is 0.905. The molecular formula is C15H24. The van der Waals surface area contributed by atoms with Crippen molar-refractivity contribution < 1.29 is 0 Å². The Labute approximate surface area is 94.1 Å². The highest BCUT2D eigenvalue weighted by molar-refractivity contribution is 5.31. The van der Waals surface area contributed by atoms with Gasteiger partial charge in [-0.05, 0) is 61.2 Å². The first-order valence-electron chi connectivity index (χ1n) is 6.60. The minimum absolute atomic E-state index is 0.590. The number of hydrogen-bond donors (Lipinski definition) is 0. The van der Waals surface area contributed by atoms with E-state index in [0.717, 1.165) is 5.92 Å². The predicted octanol–water partition coefficient (Wildman–Crippen LogP) is 4.56. The van der Waals surface area contributed by atoms with Crippen molar-refractivity contribution in [2.24, 2.45) is 22.2 Å². The molecule has 2 fully saturated rings. The number of allylic oxidation sites excluding steroid dienone is 2. The molecule has 0 amide bonds. The van der Waals surface area contributed by atoms with E-state index in [1.165, 1.54) is 32.1 Å². The third-order valence-electron chi connectivity index (χ3n) is 6.29. The van der Waals surface area contributed by atoms with Crippen LogP contribution in [0.1, 0.15) is 59.8 Å². The fraction of sp³-hybridized carbons (Fsp3) is 0.867. The van der Waals surface area contributed by atoms with Gasteiger partial charge in [0.15, 0.2) is 0 Å². The first-order valence-corrected chi connectivity index (χ1v) is 6.60. The summed E-state index contributed by atoms with van der Waals surface area (Å²) in [6.45, 7) is 10.0. The molecule has 3 rings (SSSR count). The maximum Gasteiger partial charge on any atom is -0.00289 e. The van der Waals surface area contributed by atoms with E-state index in [1.54, 1.807) is 5.57 Å². The van der Waals surface area contributed by atoms with E-state index in [2.05, 4.69) is 33.8 Å². The van der Waals surface area contributed by atoms with Crippen molar-refractivity contribution in [2.75, 3.05) is 0 Å². The maximum absolute atomic E-state index is 2.59. The van der Waals surface area contributed by atoms with Crippen molar-refractivity contribution in [1.29, 1.82) is 0 Å². The van der Waals surface area contributed by atoms with Crippen molar-refractivity contribution in [3.05, 3.63) is 11.6 Å². The third-order valence-corrected chi connectivity index (χ3v) is 6.29. The van der Waals surface area contributed by atoms with Gasteiger partial charge in [0, 0.05) is 0 Å². The van der Waals surface area contributed by atoms with Crippen molar-refractivity contribution in [1.82, 2.24) is 0 Å². The molecule has 15 heavy (non-hydrogen) atoms. The van der Waals surface area contributed by atoms with Gasteiger partial charge in [-0.1, -0.05) is 32.4 Å². The second-order valence-corrected chi connectivity index (χ2v) is 7.18. The highest BCUT2D eigenvalue weighted by Gasteiger charge is 2.68. The number of rotatable bonds is 0. The van der Waals surface area contributed by atoms with Crippen LogP contribution >= 0.6 is 0 Å². The lowest BCUT2D eigenvalue weighted by Gasteiger charge is -2.45. The van der Waals surface area contributed by atoms with Gasteiger partial charge in [-0.3, -0.25) is 0 Å². The Hall–Kier alpha value is -0.260. The zero-order chi connectivity index (χ0) is 10.9. The van der Waals surface area contributed by atoms with E-state index in [4.69, 9.17) is 0 Å². The first kappa shape index (κ1) is 9.93. The Kier molecular flexibility index (Phi) is 1.67.